The van der Waals surface area contributed by atoms with Crippen molar-refractivity contribution in [1.29, 1.82) is 0 Å². The third-order valence-electron chi connectivity index (χ3n) is 1.66. The van der Waals surface area contributed by atoms with Crippen molar-refractivity contribution in [3.05, 3.63) is 40.9 Å². The maximum Gasteiger partial charge on any atom is 0.380 e. The molecular formula is C8H6N2O2. The Hall–Kier alpha value is -1.84. The second-order valence-corrected chi connectivity index (χ2v) is 2.41. The SMILES string of the molecule is O=c1ncc2ccccc2n1O. The van der Waals surface area contributed by atoms with Crippen molar-refractivity contribution in [2.45, 2.75) is 0 Å². The fourth-order valence-electron chi connectivity index (χ4n) is 1.07. The van der Waals surface area contributed by atoms with Crippen molar-refractivity contribution >= 4 is 10.9 Å². The number of hydrogen-bond donors (Lipinski definition) is 1. The molecule has 4 heteroatoms. The van der Waals surface area contributed by atoms with E-state index in [1.54, 1.807) is 18.2 Å². The van der Waals surface area contributed by atoms with Gasteiger partial charge in [0.05, 0.1) is 5.52 Å². The van der Waals surface area contributed by atoms with Gasteiger partial charge in [-0.2, -0.15) is 4.98 Å². The van der Waals surface area contributed by atoms with Gasteiger partial charge < -0.3 is 5.21 Å². The molecule has 2 rings (SSSR count). The molecule has 0 aliphatic rings. The van der Waals surface area contributed by atoms with Gasteiger partial charge in [-0.3, -0.25) is 0 Å². The maximum absolute atomic E-state index is 10.8. The summed E-state index contributed by atoms with van der Waals surface area (Å²) in [6.07, 6.45) is 1.43. The fourth-order valence-corrected chi connectivity index (χ4v) is 1.07. The molecule has 60 valence electrons. The summed E-state index contributed by atoms with van der Waals surface area (Å²) in [5.41, 5.74) is -0.189. The van der Waals surface area contributed by atoms with Crippen LogP contribution in [-0.4, -0.2) is 14.9 Å². The molecule has 0 atom stereocenters. The second kappa shape index (κ2) is 2.34. The molecule has 0 spiro atoms. The largest absolute Gasteiger partial charge is 0.424 e. The van der Waals surface area contributed by atoms with Crippen LogP contribution in [-0.2, 0) is 0 Å². The molecule has 1 heterocycles. The van der Waals surface area contributed by atoms with Crippen molar-refractivity contribution in [2.24, 2.45) is 0 Å². The van der Waals surface area contributed by atoms with Crippen molar-refractivity contribution < 1.29 is 5.21 Å². The van der Waals surface area contributed by atoms with Gasteiger partial charge in [-0.15, -0.1) is 4.73 Å². The zero-order valence-corrected chi connectivity index (χ0v) is 6.14. The Labute approximate surface area is 67.7 Å². The van der Waals surface area contributed by atoms with E-state index < -0.39 is 5.69 Å². The average molecular weight is 162 g/mol. The van der Waals surface area contributed by atoms with Gasteiger partial charge in [0.2, 0.25) is 0 Å². The highest BCUT2D eigenvalue weighted by atomic mass is 16.5. The van der Waals surface area contributed by atoms with Gasteiger partial charge in [-0.25, -0.2) is 4.79 Å². The predicted octanol–water partition coefficient (Wildman–Crippen LogP) is 0.634. The zero-order valence-electron chi connectivity index (χ0n) is 6.14. The molecular weight excluding hydrogens is 156 g/mol. The number of benzene rings is 1. The van der Waals surface area contributed by atoms with E-state index >= 15 is 0 Å². The molecule has 0 aliphatic heterocycles. The van der Waals surface area contributed by atoms with Crippen molar-refractivity contribution in [3.63, 3.8) is 0 Å². The molecule has 1 aromatic carbocycles. The second-order valence-electron chi connectivity index (χ2n) is 2.41. The standard InChI is InChI=1S/C8H6N2O2/c11-8-9-5-6-3-1-2-4-7(6)10(8)12/h1-5,12H. The van der Waals surface area contributed by atoms with E-state index in [0.717, 1.165) is 5.39 Å². The van der Waals surface area contributed by atoms with E-state index in [0.29, 0.717) is 10.2 Å². The van der Waals surface area contributed by atoms with Gasteiger partial charge in [0, 0.05) is 11.6 Å². The molecule has 12 heavy (non-hydrogen) atoms. The normalized spacial score (nSPS) is 10.3. The van der Waals surface area contributed by atoms with Gasteiger partial charge in [0.15, 0.2) is 0 Å². The molecule has 1 aromatic heterocycles. The van der Waals surface area contributed by atoms with Crippen LogP contribution in [0.4, 0.5) is 0 Å². The van der Waals surface area contributed by atoms with E-state index in [2.05, 4.69) is 4.98 Å². The monoisotopic (exact) mass is 162 g/mol. The Morgan fingerprint density at radius 3 is 2.92 bits per heavy atom. The Kier molecular flexibility index (Phi) is 1.33. The first-order valence-corrected chi connectivity index (χ1v) is 3.45. The van der Waals surface area contributed by atoms with Crippen LogP contribution < -0.4 is 5.69 Å². The highest BCUT2D eigenvalue weighted by molar-refractivity contribution is 5.77. The number of aromatic nitrogens is 2. The lowest BCUT2D eigenvalue weighted by atomic mass is 10.2. The Balaban J connectivity index is 3.01. The van der Waals surface area contributed by atoms with Gasteiger partial charge in [-0.1, -0.05) is 18.2 Å². The summed E-state index contributed by atoms with van der Waals surface area (Å²) >= 11 is 0. The highest BCUT2D eigenvalue weighted by Gasteiger charge is 1.99. The first kappa shape index (κ1) is 6.84. The summed E-state index contributed by atoms with van der Waals surface area (Å²) in [6.45, 7) is 0. The van der Waals surface area contributed by atoms with Crippen LogP contribution in [0.1, 0.15) is 0 Å². The lowest BCUT2D eigenvalue weighted by Gasteiger charge is -1.99. The van der Waals surface area contributed by atoms with Crippen molar-refractivity contribution in [2.75, 3.05) is 0 Å². The Morgan fingerprint density at radius 1 is 1.33 bits per heavy atom. The molecule has 0 fully saturated rings. The van der Waals surface area contributed by atoms with Gasteiger partial charge in [0.1, 0.15) is 0 Å². The predicted molar refractivity (Wildman–Crippen MR) is 43.2 cm³/mol. The molecule has 0 saturated heterocycles. The summed E-state index contributed by atoms with van der Waals surface area (Å²) in [5, 5.41) is 9.94. The molecule has 4 nitrogen and oxygen atoms in total. The summed E-state index contributed by atoms with van der Waals surface area (Å²) < 4.78 is 0.537. The van der Waals surface area contributed by atoms with E-state index in [1.807, 2.05) is 6.07 Å². The minimum Gasteiger partial charge on any atom is -0.424 e. The van der Waals surface area contributed by atoms with Crippen molar-refractivity contribution in [3.8, 4) is 0 Å². The van der Waals surface area contributed by atoms with Gasteiger partial charge in [0.25, 0.3) is 0 Å². The third-order valence-corrected chi connectivity index (χ3v) is 1.66. The van der Waals surface area contributed by atoms with E-state index in [1.165, 1.54) is 6.20 Å². The average Bonchev–Trinajstić information content (AvgIpc) is 2.12. The summed E-state index contributed by atoms with van der Waals surface area (Å²) in [5.74, 6) is 0. The van der Waals surface area contributed by atoms with Crippen LogP contribution in [0.2, 0.25) is 0 Å². The summed E-state index contributed by atoms with van der Waals surface area (Å²) in [6, 6.07) is 6.98. The molecule has 0 unspecified atom stereocenters. The molecule has 0 saturated carbocycles. The fraction of sp³-hybridized carbons (Fsp3) is 0. The van der Waals surface area contributed by atoms with Crippen LogP contribution in [0.25, 0.3) is 10.9 Å². The number of rotatable bonds is 0. The van der Waals surface area contributed by atoms with Crippen LogP contribution in [0.3, 0.4) is 0 Å². The Bertz CT molecular complexity index is 476. The first-order valence-electron chi connectivity index (χ1n) is 3.45. The van der Waals surface area contributed by atoms with Gasteiger partial charge in [-0.05, 0) is 6.07 Å². The summed E-state index contributed by atoms with van der Waals surface area (Å²) in [4.78, 5) is 14.3. The first-order chi connectivity index (χ1) is 5.79. The smallest absolute Gasteiger partial charge is 0.380 e. The zero-order chi connectivity index (χ0) is 8.55. The quantitative estimate of drug-likeness (QED) is 0.578. The lowest BCUT2D eigenvalue weighted by molar-refractivity contribution is 0.184. The minimum atomic E-state index is -0.659. The van der Waals surface area contributed by atoms with Crippen molar-refractivity contribution in [1.82, 2.24) is 9.71 Å². The number of hydrogen-bond acceptors (Lipinski definition) is 3. The van der Waals surface area contributed by atoms with E-state index in [-0.39, 0.29) is 0 Å². The topological polar surface area (TPSA) is 55.1 Å². The molecule has 0 aliphatic carbocycles. The van der Waals surface area contributed by atoms with Crippen LogP contribution in [0.5, 0.6) is 0 Å². The van der Waals surface area contributed by atoms with Gasteiger partial charge >= 0.3 is 5.69 Å². The van der Waals surface area contributed by atoms with E-state index in [9.17, 15) is 10.0 Å². The minimum absolute atomic E-state index is 0.470. The highest BCUT2D eigenvalue weighted by Crippen LogP contribution is 2.07. The molecule has 0 bridgehead atoms. The number of para-hydroxylation sites is 1. The number of fused-ring (bicyclic) bond motifs is 1. The molecule has 0 amide bonds. The Morgan fingerprint density at radius 2 is 2.08 bits per heavy atom. The molecule has 2 aromatic rings. The van der Waals surface area contributed by atoms with E-state index in [4.69, 9.17) is 0 Å². The maximum atomic E-state index is 10.8. The third kappa shape index (κ3) is 0.852. The van der Waals surface area contributed by atoms with Crippen LogP contribution >= 0.6 is 0 Å². The molecule has 1 N–H and O–H groups in total. The van der Waals surface area contributed by atoms with Crippen LogP contribution in [0, 0.1) is 0 Å². The summed E-state index contributed by atoms with van der Waals surface area (Å²) in [7, 11) is 0. The lowest BCUT2D eigenvalue weighted by Crippen LogP contribution is -2.20. The molecule has 0 radical (unpaired) electrons. The van der Waals surface area contributed by atoms with Crippen LogP contribution in [0.15, 0.2) is 35.3 Å². The number of nitrogens with zero attached hydrogens (tertiary/aromatic N) is 2.